The van der Waals surface area contributed by atoms with Crippen LogP contribution < -0.4 is 0 Å². The molecule has 0 bridgehead atoms. The van der Waals surface area contributed by atoms with Gasteiger partial charge >= 0.3 is 18.6 Å². The molecule has 6 heteroatoms. The second kappa shape index (κ2) is 6.92. The predicted molar refractivity (Wildman–Crippen MR) is 51.7 cm³/mol. The molecule has 16 heavy (non-hydrogen) atoms. The molecule has 0 aliphatic rings. The van der Waals surface area contributed by atoms with Crippen LogP contribution in [0.4, 0.5) is 8.78 Å². The minimum atomic E-state index is -3.24. The third-order valence-electron chi connectivity index (χ3n) is 1.61. The highest BCUT2D eigenvalue weighted by Gasteiger charge is 2.31. The Labute approximate surface area is 92.2 Å². The molecule has 92 valence electrons. The van der Waals surface area contributed by atoms with Crippen molar-refractivity contribution in [2.24, 2.45) is 5.92 Å². The van der Waals surface area contributed by atoms with Gasteiger partial charge in [-0.15, -0.1) is 6.58 Å². The fraction of sp³-hybridized carbons (Fsp3) is 0.600. The van der Waals surface area contributed by atoms with Crippen molar-refractivity contribution in [3.05, 3.63) is 12.2 Å². The zero-order chi connectivity index (χ0) is 12.7. The summed E-state index contributed by atoms with van der Waals surface area (Å²) in [6, 6.07) is 0. The minimum absolute atomic E-state index is 0.0630. The fourth-order valence-electron chi connectivity index (χ4n) is 1.02. The second-order valence-electron chi connectivity index (χ2n) is 3.16. The van der Waals surface area contributed by atoms with E-state index in [1.54, 1.807) is 13.8 Å². The SMILES string of the molecule is C=C(C)CC(C(=O)OCC)C(=O)OC(F)F. The van der Waals surface area contributed by atoms with Crippen molar-refractivity contribution in [3.8, 4) is 0 Å². The molecule has 4 nitrogen and oxygen atoms in total. The van der Waals surface area contributed by atoms with Gasteiger partial charge in [0.25, 0.3) is 0 Å². The summed E-state index contributed by atoms with van der Waals surface area (Å²) in [6.07, 6.45) is -0.0651. The van der Waals surface area contributed by atoms with Crippen LogP contribution in [-0.4, -0.2) is 25.2 Å². The monoisotopic (exact) mass is 236 g/mol. The van der Waals surface area contributed by atoms with Gasteiger partial charge in [0.2, 0.25) is 0 Å². The molecule has 0 fully saturated rings. The summed E-state index contributed by atoms with van der Waals surface area (Å²) < 4.78 is 31.9. The van der Waals surface area contributed by atoms with Crippen molar-refractivity contribution < 1.29 is 27.8 Å². The molecule has 0 radical (unpaired) electrons. The fourth-order valence-corrected chi connectivity index (χ4v) is 1.02. The molecule has 0 aromatic carbocycles. The Hall–Kier alpha value is -1.46. The van der Waals surface area contributed by atoms with Crippen molar-refractivity contribution in [2.75, 3.05) is 6.61 Å². The number of alkyl halides is 2. The van der Waals surface area contributed by atoms with Gasteiger partial charge < -0.3 is 9.47 Å². The topological polar surface area (TPSA) is 52.6 Å². The van der Waals surface area contributed by atoms with Crippen molar-refractivity contribution in [2.45, 2.75) is 26.9 Å². The molecule has 0 amide bonds. The molecule has 0 N–H and O–H groups in total. The number of hydrogen-bond donors (Lipinski definition) is 0. The normalized spacial score (nSPS) is 12.1. The lowest BCUT2D eigenvalue weighted by atomic mass is 10.0. The van der Waals surface area contributed by atoms with Gasteiger partial charge in [-0.1, -0.05) is 5.57 Å². The highest BCUT2D eigenvalue weighted by Crippen LogP contribution is 2.15. The number of rotatable bonds is 6. The number of ether oxygens (including phenoxy) is 2. The van der Waals surface area contributed by atoms with Crippen molar-refractivity contribution in [1.29, 1.82) is 0 Å². The molecular weight excluding hydrogens is 222 g/mol. The Kier molecular flexibility index (Phi) is 6.29. The maximum absolute atomic E-state index is 11.8. The molecule has 0 aliphatic heterocycles. The van der Waals surface area contributed by atoms with Crippen molar-refractivity contribution in [3.63, 3.8) is 0 Å². The lowest BCUT2D eigenvalue weighted by Gasteiger charge is -2.14. The van der Waals surface area contributed by atoms with Gasteiger partial charge in [-0.3, -0.25) is 9.59 Å². The maximum Gasteiger partial charge on any atom is 0.389 e. The van der Waals surface area contributed by atoms with E-state index in [9.17, 15) is 18.4 Å². The summed E-state index contributed by atoms with van der Waals surface area (Å²) in [5.41, 5.74) is 0.504. The van der Waals surface area contributed by atoms with Crippen LogP contribution in [0.25, 0.3) is 0 Å². The van der Waals surface area contributed by atoms with Crippen LogP contribution in [0.2, 0.25) is 0 Å². The molecule has 0 aromatic rings. The van der Waals surface area contributed by atoms with Crippen LogP contribution in [0.5, 0.6) is 0 Å². The molecule has 1 unspecified atom stereocenters. The highest BCUT2D eigenvalue weighted by atomic mass is 19.3. The molecule has 0 rings (SSSR count). The molecule has 0 aliphatic carbocycles. The lowest BCUT2D eigenvalue weighted by Crippen LogP contribution is -2.29. The summed E-state index contributed by atoms with van der Waals surface area (Å²) in [5, 5.41) is 0. The summed E-state index contributed by atoms with van der Waals surface area (Å²) in [6.45, 7) is 3.44. The lowest BCUT2D eigenvalue weighted by molar-refractivity contribution is -0.185. The molecule has 0 heterocycles. The van der Waals surface area contributed by atoms with E-state index >= 15 is 0 Å². The Morgan fingerprint density at radius 3 is 2.25 bits per heavy atom. The first kappa shape index (κ1) is 14.5. The van der Waals surface area contributed by atoms with E-state index in [1.807, 2.05) is 0 Å². The number of halogens is 2. The molecular formula is C10H14F2O4. The standard InChI is InChI=1S/C10H14F2O4/c1-4-15-8(13)7(5-6(2)3)9(14)16-10(11)12/h7,10H,2,4-5H2,1,3H3. The van der Waals surface area contributed by atoms with Crippen LogP contribution in [0.15, 0.2) is 12.2 Å². The van der Waals surface area contributed by atoms with E-state index in [1.165, 1.54) is 0 Å². The quantitative estimate of drug-likeness (QED) is 0.401. The van der Waals surface area contributed by atoms with Gasteiger partial charge in [0.1, 0.15) is 0 Å². The summed E-state index contributed by atoms with van der Waals surface area (Å²) >= 11 is 0. The van der Waals surface area contributed by atoms with E-state index in [2.05, 4.69) is 16.1 Å². The summed E-state index contributed by atoms with van der Waals surface area (Å²) in [5.74, 6) is -3.54. The van der Waals surface area contributed by atoms with Crippen LogP contribution >= 0.6 is 0 Å². The third kappa shape index (κ3) is 5.43. The smallest absolute Gasteiger partial charge is 0.389 e. The predicted octanol–water partition coefficient (Wildman–Crippen LogP) is 1.90. The average molecular weight is 236 g/mol. The van der Waals surface area contributed by atoms with Crippen LogP contribution in [0, 0.1) is 5.92 Å². The first-order valence-electron chi connectivity index (χ1n) is 4.68. The third-order valence-corrected chi connectivity index (χ3v) is 1.61. The Morgan fingerprint density at radius 1 is 1.31 bits per heavy atom. The van der Waals surface area contributed by atoms with Crippen molar-refractivity contribution in [1.82, 2.24) is 0 Å². The minimum Gasteiger partial charge on any atom is -0.465 e. The number of esters is 2. The zero-order valence-electron chi connectivity index (χ0n) is 9.16. The van der Waals surface area contributed by atoms with Crippen LogP contribution in [-0.2, 0) is 19.1 Å². The van der Waals surface area contributed by atoms with Gasteiger partial charge in [0.15, 0.2) is 5.92 Å². The summed E-state index contributed by atoms with van der Waals surface area (Å²) in [4.78, 5) is 22.5. The molecule has 0 aromatic heterocycles. The number of carbonyl (C=O) groups excluding carboxylic acids is 2. The van der Waals surface area contributed by atoms with Crippen molar-refractivity contribution >= 4 is 11.9 Å². The van der Waals surface area contributed by atoms with E-state index in [-0.39, 0.29) is 13.0 Å². The van der Waals surface area contributed by atoms with Crippen LogP contribution in [0.1, 0.15) is 20.3 Å². The van der Waals surface area contributed by atoms with Gasteiger partial charge in [-0.2, -0.15) is 8.78 Å². The number of carbonyl (C=O) groups is 2. The largest absolute Gasteiger partial charge is 0.465 e. The first-order valence-corrected chi connectivity index (χ1v) is 4.68. The Bertz CT molecular complexity index is 276. The Morgan fingerprint density at radius 2 is 1.88 bits per heavy atom. The average Bonchev–Trinajstić information content (AvgIpc) is 2.12. The first-order chi connectivity index (χ1) is 7.38. The number of hydrogen-bond acceptors (Lipinski definition) is 4. The number of allylic oxidation sites excluding steroid dienone is 1. The van der Waals surface area contributed by atoms with Gasteiger partial charge in [0, 0.05) is 0 Å². The maximum atomic E-state index is 11.8. The molecule has 0 spiro atoms. The van der Waals surface area contributed by atoms with E-state index in [0.29, 0.717) is 5.57 Å². The van der Waals surface area contributed by atoms with Gasteiger partial charge in [-0.25, -0.2) is 0 Å². The Balaban J connectivity index is 4.58. The molecule has 0 saturated carbocycles. The van der Waals surface area contributed by atoms with E-state index in [0.717, 1.165) is 0 Å². The second-order valence-corrected chi connectivity index (χ2v) is 3.16. The molecule has 1 atom stereocenters. The van der Waals surface area contributed by atoms with Gasteiger partial charge in [0.05, 0.1) is 6.61 Å². The highest BCUT2D eigenvalue weighted by molar-refractivity contribution is 5.95. The van der Waals surface area contributed by atoms with Crippen LogP contribution in [0.3, 0.4) is 0 Å². The summed E-state index contributed by atoms with van der Waals surface area (Å²) in [7, 11) is 0. The van der Waals surface area contributed by atoms with E-state index in [4.69, 9.17) is 0 Å². The zero-order valence-corrected chi connectivity index (χ0v) is 9.16. The van der Waals surface area contributed by atoms with Gasteiger partial charge in [-0.05, 0) is 20.3 Å². The van der Waals surface area contributed by atoms with E-state index < -0.39 is 24.5 Å². The molecule has 0 saturated heterocycles.